The zero-order valence-electron chi connectivity index (χ0n) is 4.90. The van der Waals surface area contributed by atoms with Gasteiger partial charge < -0.3 is 29.0 Å². The summed E-state index contributed by atoms with van der Waals surface area (Å²) >= 11 is 0. The van der Waals surface area contributed by atoms with Crippen molar-refractivity contribution in [1.29, 1.82) is 0 Å². The fourth-order valence-electron chi connectivity index (χ4n) is 0.227. The smallest absolute Gasteiger partial charge is 0.443 e. The van der Waals surface area contributed by atoms with Gasteiger partial charge in [0.1, 0.15) is 0 Å². The molecule has 0 radical (unpaired) electrons. The Morgan fingerprint density at radius 1 is 1.60 bits per heavy atom. The van der Waals surface area contributed by atoms with E-state index in [1.807, 2.05) is 0 Å². The van der Waals surface area contributed by atoms with Crippen LogP contribution in [-0.4, -0.2) is 6.16 Å². The highest BCUT2D eigenvalue weighted by molar-refractivity contribution is 7.32. The Labute approximate surface area is 55.1 Å². The summed E-state index contributed by atoms with van der Waals surface area (Å²) in [6, 6.07) is 0. The number of carbonyl (C=O) groups is 1. The van der Waals surface area contributed by atoms with Gasteiger partial charge in [0.15, 0.2) is 0 Å². The van der Waals surface area contributed by atoms with E-state index in [2.05, 4.69) is 12.9 Å². The molecule has 0 aromatic carbocycles. The zero-order valence-corrected chi connectivity index (χ0v) is 5.79. The molecule has 0 bridgehead atoms. The molecule has 0 aliphatic rings. The quantitative estimate of drug-likeness (QED) is 0.595. The Hall–Kier alpha value is -1.20. The van der Waals surface area contributed by atoms with Gasteiger partial charge in [-0.05, 0) is 0 Å². The highest BCUT2D eigenvalue weighted by Crippen LogP contribution is 2.20. The Morgan fingerprint density at radius 2 is 2.10 bits per heavy atom. The van der Waals surface area contributed by atoms with Gasteiger partial charge in [0, 0.05) is 0 Å². The van der Waals surface area contributed by atoms with Crippen molar-refractivity contribution in [3.63, 3.8) is 0 Å². The summed E-state index contributed by atoms with van der Waals surface area (Å²) in [5.41, 5.74) is 0. The van der Waals surface area contributed by atoms with E-state index in [0.717, 1.165) is 0 Å². The first-order chi connectivity index (χ1) is 4.18. The van der Waals surface area contributed by atoms with Crippen molar-refractivity contribution in [2.45, 2.75) is 0 Å². The molecule has 1 rings (SSSR count). The molecule has 0 unspecified atom stereocenters. The largest absolute Gasteiger partial charge is 0.530 e. The molecule has 0 aliphatic carbocycles. The minimum Gasteiger partial charge on any atom is -0.443 e. The van der Waals surface area contributed by atoms with Crippen molar-refractivity contribution in [2.75, 3.05) is 0 Å². The number of carboxylic acid groups (broad SMARTS) is 1. The van der Waals surface area contributed by atoms with Crippen molar-refractivity contribution >= 4 is 14.4 Å². The van der Waals surface area contributed by atoms with Crippen LogP contribution in [0.5, 0.6) is 0 Å². The van der Waals surface area contributed by atoms with Crippen molar-refractivity contribution in [2.24, 2.45) is 0 Å². The highest BCUT2D eigenvalue weighted by atomic mass is 31.1. The lowest BCUT2D eigenvalue weighted by atomic mass is 11.5. The summed E-state index contributed by atoms with van der Waals surface area (Å²) in [6.07, 6.45) is -1.77. The molecule has 1 aromatic heterocycles. The van der Waals surface area contributed by atoms with E-state index in [4.69, 9.17) is 0 Å². The second kappa shape index (κ2) is 3.09. The monoisotopic (exact) mass is 169 g/mol. The van der Waals surface area contributed by atoms with Crippen molar-refractivity contribution in [1.82, 2.24) is 6.15 Å². The second-order valence-electron chi connectivity index (χ2n) is 0.997. The van der Waals surface area contributed by atoms with E-state index in [1.54, 1.807) is 0 Å². The Balaban J connectivity index is 0.000000810. The highest BCUT2D eigenvalue weighted by Gasteiger charge is 2.03. The lowest BCUT2D eigenvalue weighted by Crippen LogP contribution is -2.26. The summed E-state index contributed by atoms with van der Waals surface area (Å²) in [6.45, 7) is 0. The first-order valence-electron chi connectivity index (χ1n) is 1.77. The Bertz CT molecular complexity index is 240. The number of carbonyl (C=O) groups excluding carboxylic acids is 1. The van der Waals surface area contributed by atoms with Crippen molar-refractivity contribution < 1.29 is 22.8 Å². The average Bonchev–Trinajstić information content (AvgIpc) is 1.60. The van der Waals surface area contributed by atoms with E-state index in [0.29, 0.717) is 0 Å². The lowest BCUT2D eigenvalue weighted by molar-refractivity contribution is -0.267. The van der Waals surface area contributed by atoms with Gasteiger partial charge in [-0.25, -0.2) is 4.79 Å². The number of hydrogen-bond donors (Lipinski definition) is 1. The van der Waals surface area contributed by atoms with Gasteiger partial charge in [0.05, 0.1) is 0 Å². The average molecular weight is 169 g/mol. The molecular formula is C2H4NO6P. The van der Waals surface area contributed by atoms with Crippen molar-refractivity contribution in [3.05, 3.63) is 10.6 Å². The predicted octanol–water partition coefficient (Wildman–Crippen LogP) is -0.633. The van der Waals surface area contributed by atoms with E-state index >= 15 is 0 Å². The summed E-state index contributed by atoms with van der Waals surface area (Å²) in [5, 5.41) is 9.52. The molecule has 8 heteroatoms. The van der Waals surface area contributed by atoms with Crippen LogP contribution in [-0.2, 0) is 0 Å². The third-order valence-corrected chi connectivity index (χ3v) is 1.34. The van der Waals surface area contributed by atoms with Gasteiger partial charge in [-0.15, -0.1) is 0 Å². The minimum atomic E-state index is -1.99. The van der Waals surface area contributed by atoms with Crippen LogP contribution in [0.25, 0.3) is 0 Å². The first kappa shape index (κ1) is 8.80. The number of hydrogen-bond acceptors (Lipinski definition) is 6. The predicted molar refractivity (Wildman–Crippen MR) is 27.9 cm³/mol. The van der Waals surface area contributed by atoms with Crippen LogP contribution < -0.4 is 21.6 Å². The van der Waals surface area contributed by atoms with E-state index in [-0.39, 0.29) is 6.15 Å². The molecule has 1 aromatic rings. The van der Waals surface area contributed by atoms with Crippen molar-refractivity contribution in [3.8, 4) is 0 Å². The second-order valence-corrected chi connectivity index (χ2v) is 1.99. The molecule has 1 heterocycles. The van der Waals surface area contributed by atoms with Gasteiger partial charge in [-0.3, -0.25) is 0 Å². The molecule has 0 saturated heterocycles. The van der Waals surface area contributed by atoms with Crippen LogP contribution in [0.1, 0.15) is 0 Å². The number of quaternary nitrogens is 1. The molecule has 58 valence electrons. The van der Waals surface area contributed by atoms with Gasteiger partial charge in [-0.2, -0.15) is 0 Å². The van der Waals surface area contributed by atoms with E-state index < -0.39 is 20.2 Å². The van der Waals surface area contributed by atoms with Crippen LogP contribution >= 0.6 is 8.24 Å². The fraction of sp³-hybridized carbons (Fsp3) is 0. The Morgan fingerprint density at radius 3 is 2.40 bits per heavy atom. The van der Waals surface area contributed by atoms with Crippen LogP contribution in [0.15, 0.2) is 13.2 Å². The van der Waals surface area contributed by atoms with Crippen LogP contribution in [0.3, 0.4) is 0 Å². The zero-order chi connectivity index (χ0) is 6.85. The molecule has 0 aliphatic heterocycles. The normalized spacial score (nSPS) is 8.40. The molecule has 0 saturated carbocycles. The van der Waals surface area contributed by atoms with Gasteiger partial charge in [-0.1, -0.05) is 0 Å². The van der Waals surface area contributed by atoms with Gasteiger partial charge in [0.25, 0.3) is 6.16 Å². The maximum absolute atomic E-state index is 9.77. The molecule has 0 amide bonds. The summed E-state index contributed by atoms with van der Waals surface area (Å²) in [5.74, 6) is -0.928. The molecule has 10 heavy (non-hydrogen) atoms. The molecule has 7 nitrogen and oxygen atoms in total. The molecule has 0 fully saturated rings. The fourth-order valence-corrected chi connectivity index (χ4v) is 0.680. The molecule has 4 N–H and O–H groups in total. The summed E-state index contributed by atoms with van der Waals surface area (Å²) in [7, 11) is -1.99. The standard InChI is InChI=1S/C2HO6P.H3N/c3-1(4)6-9-7-2(5)8-9;/h(H,3,4);1H3. The molecule has 0 spiro atoms. The van der Waals surface area contributed by atoms with E-state index in [1.165, 1.54) is 0 Å². The van der Waals surface area contributed by atoms with Crippen LogP contribution in [0, 0.1) is 0 Å². The first-order valence-corrected chi connectivity index (χ1v) is 2.87. The third-order valence-electron chi connectivity index (χ3n) is 0.447. The topological polar surface area (TPSA) is 129 Å². The summed E-state index contributed by atoms with van der Waals surface area (Å²) < 4.78 is 11.8. The number of rotatable bonds is 1. The summed E-state index contributed by atoms with van der Waals surface area (Å²) in [4.78, 5) is 19.3. The maximum atomic E-state index is 9.77. The Kier molecular flexibility index (Phi) is 2.72. The van der Waals surface area contributed by atoms with Gasteiger partial charge in [0.2, 0.25) is 0 Å². The SMILES string of the molecule is O=C([O-])Op1oc(=O)o1.[NH4+]. The molecular weight excluding hydrogens is 165 g/mol. The minimum absolute atomic E-state index is 0. The lowest BCUT2D eigenvalue weighted by Gasteiger charge is -2.02. The van der Waals surface area contributed by atoms with Crippen LogP contribution in [0.4, 0.5) is 4.79 Å². The van der Waals surface area contributed by atoms with Gasteiger partial charge >= 0.3 is 14.1 Å². The maximum Gasteiger partial charge on any atom is 0.530 e. The third kappa shape index (κ3) is 1.96. The molecule has 0 atom stereocenters. The van der Waals surface area contributed by atoms with Crippen LogP contribution in [0.2, 0.25) is 0 Å². The van der Waals surface area contributed by atoms with E-state index in [9.17, 15) is 14.7 Å².